The van der Waals surface area contributed by atoms with Gasteiger partial charge in [0, 0.05) is 17.1 Å². The van der Waals surface area contributed by atoms with E-state index >= 15 is 0 Å². The fraction of sp³-hybridized carbons (Fsp3) is 0. The molecule has 0 bridgehead atoms. The molecule has 5 heteroatoms. The van der Waals surface area contributed by atoms with Crippen molar-refractivity contribution in [3.63, 3.8) is 0 Å². The zero-order chi connectivity index (χ0) is 0. The topological polar surface area (TPSA) is 94.5 Å². The summed E-state index contributed by atoms with van der Waals surface area (Å²) < 4.78 is 0. The van der Waals surface area contributed by atoms with Gasteiger partial charge in [0.05, 0.1) is 0 Å². The maximum absolute atomic E-state index is 0. The zero-order valence-electron chi connectivity index (χ0n) is 2.26. The molecular weight excluding hydrogens is 123 g/mol. The molecule has 0 radical (unpaired) electrons. The molecule has 0 aliphatic heterocycles. The molecule has 0 aliphatic rings. The van der Waals surface area contributed by atoms with E-state index in [4.69, 9.17) is 0 Å². The summed E-state index contributed by atoms with van der Waals surface area (Å²) in [5, 5.41) is 0. The summed E-state index contributed by atoms with van der Waals surface area (Å²) in [5.41, 5.74) is 0. The van der Waals surface area contributed by atoms with Gasteiger partial charge in [0.1, 0.15) is 0 Å². The Bertz CT molecular complexity index is 6.85. The second-order valence-corrected chi connectivity index (χ2v) is 0. The normalized spacial score (nSPS) is 0. The van der Waals surface area contributed by atoms with Crippen molar-refractivity contribution < 1.29 is 38.2 Å². The first kappa shape index (κ1) is 920. The fourth-order valence-electron chi connectivity index (χ4n) is 0. The third kappa shape index (κ3) is 216. The van der Waals surface area contributed by atoms with Gasteiger partial charge in [0.15, 0.2) is 0 Å². The minimum atomic E-state index is 0. The summed E-state index contributed by atoms with van der Waals surface area (Å²) in [6.07, 6.45) is 0. The number of hydrogen-bond acceptors (Lipinski definition) is 0. The van der Waals surface area contributed by atoms with Crippen molar-refractivity contribution in [2.45, 2.75) is 0 Å². The monoisotopic (exact) mass is 130 g/mol. The third-order valence-corrected chi connectivity index (χ3v) is 0. The van der Waals surface area contributed by atoms with Crippen LogP contribution in [0.1, 0.15) is 0 Å². The Morgan fingerprint density at radius 1 is 0.600 bits per heavy atom. The van der Waals surface area contributed by atoms with E-state index in [-0.39, 0.29) is 38.2 Å². The van der Waals surface area contributed by atoms with Crippen molar-refractivity contribution >= 4 is 0 Å². The third-order valence-electron chi connectivity index (χ3n) is 0. The first-order valence-electron chi connectivity index (χ1n) is 0. The second kappa shape index (κ2) is 442. The summed E-state index contributed by atoms with van der Waals surface area (Å²) in [5.74, 6) is 0. The molecule has 0 aliphatic carbocycles. The van der Waals surface area contributed by atoms with Gasteiger partial charge in [-0.1, -0.05) is 0 Å². The first-order valence-corrected chi connectivity index (χ1v) is 0. The number of hydrogen-bond donors (Lipinski definition) is 0. The van der Waals surface area contributed by atoms with Gasteiger partial charge in [0.25, 0.3) is 0 Å². The summed E-state index contributed by atoms with van der Waals surface area (Å²) in [7, 11) is 0. The van der Waals surface area contributed by atoms with Gasteiger partial charge < -0.3 is 16.4 Å². The minimum Gasteiger partial charge on any atom is -0.412 e. The summed E-state index contributed by atoms with van der Waals surface area (Å²) in [4.78, 5) is 0. The molecule has 0 saturated carbocycles. The molecular formula is H7FFeO3. The molecule has 5 heavy (non-hydrogen) atoms. The Labute approximate surface area is 39.1 Å². The molecule has 0 amide bonds. The minimum absolute atomic E-state index is 0. The summed E-state index contributed by atoms with van der Waals surface area (Å²) in [6, 6.07) is 0. The Balaban J connectivity index is 0. The van der Waals surface area contributed by atoms with Crippen molar-refractivity contribution in [1.29, 1.82) is 0 Å². The SMILES string of the molecule is F.O.O.O.[Fe]. The van der Waals surface area contributed by atoms with Gasteiger partial charge in [0.2, 0.25) is 0 Å². The number of halogens is 1. The van der Waals surface area contributed by atoms with E-state index in [1.54, 1.807) is 0 Å². The largest absolute Gasteiger partial charge is 0.412 e. The van der Waals surface area contributed by atoms with Crippen LogP contribution in [-0.4, -0.2) is 16.4 Å². The quantitative estimate of drug-likeness (QED) is 0.329. The Morgan fingerprint density at radius 3 is 0.600 bits per heavy atom. The number of rotatable bonds is 0. The van der Waals surface area contributed by atoms with E-state index in [0.29, 0.717) is 0 Å². The molecule has 0 fully saturated rings. The smallest absolute Gasteiger partial charge is 0 e. The van der Waals surface area contributed by atoms with Gasteiger partial charge in [-0.3, -0.25) is 4.70 Å². The molecule has 0 atom stereocenters. The predicted octanol–water partition coefficient (Wildman–Crippen LogP) is -2.32. The van der Waals surface area contributed by atoms with Gasteiger partial charge in [-0.25, -0.2) is 0 Å². The van der Waals surface area contributed by atoms with E-state index in [1.807, 2.05) is 0 Å². The molecule has 3 nitrogen and oxygen atoms in total. The van der Waals surface area contributed by atoms with Crippen LogP contribution in [-0.2, 0) is 17.1 Å². The van der Waals surface area contributed by atoms with E-state index in [0.717, 1.165) is 0 Å². The van der Waals surface area contributed by atoms with Crippen molar-refractivity contribution in [3.05, 3.63) is 0 Å². The van der Waals surface area contributed by atoms with Gasteiger partial charge in [-0.2, -0.15) is 0 Å². The van der Waals surface area contributed by atoms with Crippen molar-refractivity contribution in [2.75, 3.05) is 0 Å². The van der Waals surface area contributed by atoms with Crippen LogP contribution in [0.2, 0.25) is 0 Å². The molecule has 0 saturated heterocycles. The van der Waals surface area contributed by atoms with E-state index < -0.39 is 0 Å². The van der Waals surface area contributed by atoms with Crippen LogP contribution >= 0.6 is 0 Å². The summed E-state index contributed by atoms with van der Waals surface area (Å²) >= 11 is 0. The van der Waals surface area contributed by atoms with Crippen LogP contribution < -0.4 is 0 Å². The maximum atomic E-state index is 0. The van der Waals surface area contributed by atoms with Gasteiger partial charge in [-0.05, 0) is 0 Å². The van der Waals surface area contributed by atoms with E-state index in [1.165, 1.54) is 0 Å². The summed E-state index contributed by atoms with van der Waals surface area (Å²) in [6.45, 7) is 0. The Hall–Kier alpha value is 0.329. The molecule has 0 aromatic heterocycles. The molecule has 0 spiro atoms. The Kier molecular flexibility index (Phi) is 81400. The molecule has 40 valence electrons. The first-order chi connectivity index (χ1) is 0. The van der Waals surface area contributed by atoms with Crippen molar-refractivity contribution in [1.82, 2.24) is 0 Å². The predicted molar refractivity (Wildman–Crippen MR) is 13.3 cm³/mol. The van der Waals surface area contributed by atoms with Crippen molar-refractivity contribution in [3.8, 4) is 0 Å². The average molecular weight is 130 g/mol. The van der Waals surface area contributed by atoms with E-state index in [2.05, 4.69) is 0 Å². The van der Waals surface area contributed by atoms with Crippen LogP contribution in [0.4, 0.5) is 4.70 Å². The van der Waals surface area contributed by atoms with Crippen LogP contribution in [0, 0.1) is 0 Å². The standard InChI is InChI=1S/FH.Fe.3H2O/h1H;;3*1H2. The van der Waals surface area contributed by atoms with Crippen LogP contribution in [0.5, 0.6) is 0 Å². The molecule has 0 unspecified atom stereocenters. The average Bonchev–Trinajstić information content (AvgIpc) is 0. The van der Waals surface area contributed by atoms with E-state index in [9.17, 15) is 0 Å². The van der Waals surface area contributed by atoms with Gasteiger partial charge in [-0.15, -0.1) is 0 Å². The maximum Gasteiger partial charge on any atom is 0 e. The zero-order valence-corrected chi connectivity index (χ0v) is 3.37. The van der Waals surface area contributed by atoms with Crippen molar-refractivity contribution in [2.24, 2.45) is 0 Å². The Morgan fingerprint density at radius 2 is 0.600 bits per heavy atom. The van der Waals surface area contributed by atoms with Crippen LogP contribution in [0.25, 0.3) is 0 Å². The second-order valence-electron chi connectivity index (χ2n) is 0. The molecule has 0 aromatic rings. The molecule has 0 aromatic carbocycles. The molecule has 0 rings (SSSR count). The fourth-order valence-corrected chi connectivity index (χ4v) is 0. The van der Waals surface area contributed by atoms with Crippen LogP contribution in [0.15, 0.2) is 0 Å². The molecule has 6 N–H and O–H groups in total. The van der Waals surface area contributed by atoms with Crippen LogP contribution in [0.3, 0.4) is 0 Å². The molecule has 0 heterocycles. The van der Waals surface area contributed by atoms with Gasteiger partial charge >= 0.3 is 0 Å².